The van der Waals surface area contributed by atoms with Crippen molar-refractivity contribution in [1.82, 2.24) is 4.98 Å². The number of alkyl halides is 1. The molecule has 1 unspecified atom stereocenters. The maximum absolute atomic E-state index is 6.59. The topological polar surface area (TPSA) is 16.1 Å². The van der Waals surface area contributed by atoms with E-state index in [1.807, 2.05) is 6.07 Å². The molecule has 3 aromatic carbocycles. The zero-order valence-corrected chi connectivity index (χ0v) is 15.2. The number of nitrogens with zero attached hydrogens (tertiary/aromatic N) is 2. The van der Waals surface area contributed by atoms with Crippen molar-refractivity contribution in [2.45, 2.75) is 5.38 Å². The van der Waals surface area contributed by atoms with Gasteiger partial charge in [0.2, 0.25) is 0 Å². The third-order valence-corrected chi connectivity index (χ3v) is 5.66. The van der Waals surface area contributed by atoms with Crippen LogP contribution in [0, 0.1) is 0 Å². The third-order valence-electron chi connectivity index (χ3n) is 5.24. The van der Waals surface area contributed by atoms with E-state index >= 15 is 0 Å². The summed E-state index contributed by atoms with van der Waals surface area (Å²) in [6.07, 6.45) is 1.77. The predicted octanol–water partition coefficient (Wildman–Crippen LogP) is 6.60. The van der Waals surface area contributed by atoms with E-state index in [9.17, 15) is 0 Å². The number of hydrogen-bond donors (Lipinski definition) is 0. The largest absolute Gasteiger partial charge is 0.343 e. The lowest BCUT2D eigenvalue weighted by molar-refractivity contribution is 1.16. The molecule has 0 amide bonds. The van der Waals surface area contributed by atoms with E-state index in [-0.39, 0.29) is 5.38 Å². The van der Waals surface area contributed by atoms with Crippen molar-refractivity contribution >= 4 is 44.7 Å². The Morgan fingerprint density at radius 3 is 2.54 bits per heavy atom. The number of anilines is 2. The Kier molecular flexibility index (Phi) is 3.31. The molecule has 0 fully saturated rings. The number of fused-ring (bicyclic) bond motifs is 4. The summed E-state index contributed by atoms with van der Waals surface area (Å²) in [5, 5.41) is 3.32. The Morgan fingerprint density at radius 1 is 0.962 bits per heavy atom. The quantitative estimate of drug-likeness (QED) is 0.228. The molecule has 2 nitrogen and oxygen atoms in total. The third kappa shape index (κ3) is 1.96. The van der Waals surface area contributed by atoms with Gasteiger partial charge in [0.05, 0.1) is 28.0 Å². The molecule has 0 aliphatic carbocycles. The molecule has 2 heterocycles. The summed E-state index contributed by atoms with van der Waals surface area (Å²) in [5.41, 5.74) is 6.45. The molecule has 0 saturated heterocycles. The second-order valence-electron chi connectivity index (χ2n) is 6.62. The molecular weight excluding hydrogens is 340 g/mol. The van der Waals surface area contributed by atoms with Gasteiger partial charge in [-0.05, 0) is 29.1 Å². The first-order valence-electron chi connectivity index (χ1n) is 8.66. The first kappa shape index (κ1) is 15.4. The van der Waals surface area contributed by atoms with Crippen LogP contribution in [0.15, 0.2) is 73.3 Å². The van der Waals surface area contributed by atoms with Gasteiger partial charge < -0.3 is 4.90 Å². The van der Waals surface area contributed by atoms with Crippen molar-refractivity contribution in [3.8, 4) is 11.3 Å². The zero-order chi connectivity index (χ0) is 17.8. The van der Waals surface area contributed by atoms with Crippen LogP contribution >= 0.6 is 11.6 Å². The number of benzene rings is 3. The van der Waals surface area contributed by atoms with Gasteiger partial charge in [-0.2, -0.15) is 0 Å². The van der Waals surface area contributed by atoms with Gasteiger partial charge in [-0.3, -0.25) is 0 Å². The van der Waals surface area contributed by atoms with Gasteiger partial charge in [-0.1, -0.05) is 48.5 Å². The minimum Gasteiger partial charge on any atom is -0.343 e. The van der Waals surface area contributed by atoms with E-state index in [0.29, 0.717) is 0 Å². The first-order chi connectivity index (χ1) is 12.7. The highest BCUT2D eigenvalue weighted by molar-refractivity contribution is 6.24. The van der Waals surface area contributed by atoms with Gasteiger partial charge in [0, 0.05) is 23.4 Å². The zero-order valence-electron chi connectivity index (χ0n) is 14.4. The highest BCUT2D eigenvalue weighted by Crippen LogP contribution is 2.50. The standard InChI is InChI=1S/C23H17ClN2/c1-3-17(24)16-10-7-13-20-22(16)23-21-15(9-6-12-19(21)26(20)2)14-8-4-5-11-18(14)25-23/h3-13,17H,1H2,2H3. The molecule has 1 aliphatic heterocycles. The van der Waals surface area contributed by atoms with E-state index in [1.54, 1.807) is 6.08 Å². The van der Waals surface area contributed by atoms with Crippen LogP contribution in [0.5, 0.6) is 0 Å². The molecule has 1 atom stereocenters. The maximum atomic E-state index is 6.59. The average molecular weight is 357 g/mol. The van der Waals surface area contributed by atoms with Crippen LogP contribution in [0.4, 0.5) is 11.4 Å². The number of pyridine rings is 1. The number of halogens is 1. The van der Waals surface area contributed by atoms with Crippen molar-refractivity contribution in [3.63, 3.8) is 0 Å². The van der Waals surface area contributed by atoms with E-state index in [0.717, 1.165) is 28.0 Å². The van der Waals surface area contributed by atoms with Crippen LogP contribution in [-0.4, -0.2) is 12.0 Å². The monoisotopic (exact) mass is 356 g/mol. The maximum Gasteiger partial charge on any atom is 0.0833 e. The second-order valence-corrected chi connectivity index (χ2v) is 7.09. The minimum atomic E-state index is -0.257. The summed E-state index contributed by atoms with van der Waals surface area (Å²) in [7, 11) is 2.10. The molecule has 126 valence electrons. The fraction of sp³-hybridized carbons (Fsp3) is 0.0870. The van der Waals surface area contributed by atoms with Gasteiger partial charge >= 0.3 is 0 Å². The van der Waals surface area contributed by atoms with E-state index in [1.165, 1.54) is 21.8 Å². The van der Waals surface area contributed by atoms with E-state index < -0.39 is 0 Å². The molecule has 0 N–H and O–H groups in total. The van der Waals surface area contributed by atoms with Gasteiger partial charge in [0.15, 0.2) is 0 Å². The Balaban J connectivity index is 2.02. The second kappa shape index (κ2) is 5.58. The molecule has 26 heavy (non-hydrogen) atoms. The lowest BCUT2D eigenvalue weighted by Gasteiger charge is -2.31. The minimum absolute atomic E-state index is 0.257. The van der Waals surface area contributed by atoms with Crippen LogP contribution in [-0.2, 0) is 0 Å². The highest BCUT2D eigenvalue weighted by Gasteiger charge is 2.27. The fourth-order valence-corrected chi connectivity index (χ4v) is 4.21. The van der Waals surface area contributed by atoms with Crippen molar-refractivity contribution in [1.29, 1.82) is 0 Å². The summed E-state index contributed by atoms with van der Waals surface area (Å²) in [5.74, 6) is 0. The SMILES string of the molecule is C=CC(Cl)c1cccc2c1-c1nc3ccccc3c3cccc(c13)N2C. The molecule has 0 saturated carbocycles. The lowest BCUT2D eigenvalue weighted by atomic mass is 9.90. The molecule has 3 heteroatoms. The van der Waals surface area contributed by atoms with E-state index in [2.05, 4.69) is 73.1 Å². The predicted molar refractivity (Wildman–Crippen MR) is 112 cm³/mol. The number of allylic oxidation sites excluding steroid dienone is 1. The molecule has 5 rings (SSSR count). The average Bonchev–Trinajstić information content (AvgIpc) is 2.70. The number of para-hydroxylation sites is 1. The number of hydrogen-bond acceptors (Lipinski definition) is 2. The lowest BCUT2D eigenvalue weighted by Crippen LogP contribution is -2.16. The van der Waals surface area contributed by atoms with Crippen molar-refractivity contribution in [2.24, 2.45) is 0 Å². The van der Waals surface area contributed by atoms with Crippen molar-refractivity contribution in [3.05, 3.63) is 78.9 Å². The number of aromatic nitrogens is 1. The Labute approximate surface area is 157 Å². The van der Waals surface area contributed by atoms with Gasteiger partial charge in [-0.25, -0.2) is 4.98 Å². The van der Waals surface area contributed by atoms with Crippen LogP contribution in [0.2, 0.25) is 0 Å². The molecule has 0 radical (unpaired) electrons. The van der Waals surface area contributed by atoms with Gasteiger partial charge in [-0.15, -0.1) is 18.2 Å². The van der Waals surface area contributed by atoms with Crippen LogP contribution < -0.4 is 4.90 Å². The Hall–Kier alpha value is -2.84. The van der Waals surface area contributed by atoms with Crippen molar-refractivity contribution < 1.29 is 0 Å². The molecule has 4 aromatic rings. The molecule has 1 aromatic heterocycles. The van der Waals surface area contributed by atoms with Crippen molar-refractivity contribution in [2.75, 3.05) is 11.9 Å². The molecule has 0 bridgehead atoms. The number of rotatable bonds is 2. The summed E-state index contributed by atoms with van der Waals surface area (Å²) in [4.78, 5) is 7.30. The fourth-order valence-electron chi connectivity index (χ4n) is 4.03. The Morgan fingerprint density at radius 2 is 1.69 bits per heavy atom. The van der Waals surface area contributed by atoms with Crippen LogP contribution in [0.3, 0.4) is 0 Å². The smallest absolute Gasteiger partial charge is 0.0833 e. The Bertz CT molecular complexity index is 1200. The molecule has 0 spiro atoms. The normalized spacial score (nSPS) is 13.7. The first-order valence-corrected chi connectivity index (χ1v) is 9.09. The summed E-state index contributed by atoms with van der Waals surface area (Å²) in [6, 6.07) is 21.0. The highest BCUT2D eigenvalue weighted by atomic mass is 35.5. The van der Waals surface area contributed by atoms with Gasteiger partial charge in [0.1, 0.15) is 0 Å². The van der Waals surface area contributed by atoms with Gasteiger partial charge in [0.25, 0.3) is 0 Å². The summed E-state index contributed by atoms with van der Waals surface area (Å²) < 4.78 is 0. The summed E-state index contributed by atoms with van der Waals surface area (Å²) in [6.45, 7) is 3.88. The van der Waals surface area contributed by atoms with Crippen LogP contribution in [0.1, 0.15) is 10.9 Å². The van der Waals surface area contributed by atoms with E-state index in [4.69, 9.17) is 16.6 Å². The molecular formula is C23H17ClN2. The summed E-state index contributed by atoms with van der Waals surface area (Å²) >= 11 is 6.59. The van der Waals surface area contributed by atoms with Crippen LogP contribution in [0.25, 0.3) is 32.9 Å². The molecule has 1 aliphatic rings.